The zero-order valence-electron chi connectivity index (χ0n) is 12.3. The van der Waals surface area contributed by atoms with Gasteiger partial charge in [0.2, 0.25) is 5.88 Å². The van der Waals surface area contributed by atoms with E-state index in [1.807, 2.05) is 0 Å². The third-order valence-electron chi connectivity index (χ3n) is 3.41. The molecular formula is C14H13F3N4O3. The number of fused-ring (bicyclic) bond motifs is 1. The number of nitrogens with one attached hydrogen (secondary N) is 1. The smallest absolute Gasteiger partial charge is 0.433 e. The van der Waals surface area contributed by atoms with Gasteiger partial charge in [0.05, 0.1) is 18.8 Å². The number of rotatable bonds is 4. The van der Waals surface area contributed by atoms with Crippen molar-refractivity contribution < 1.29 is 27.8 Å². The summed E-state index contributed by atoms with van der Waals surface area (Å²) >= 11 is 0. The van der Waals surface area contributed by atoms with E-state index in [1.54, 1.807) is 10.7 Å². The molecular weight excluding hydrogens is 329 g/mol. The Labute approximate surface area is 134 Å². The van der Waals surface area contributed by atoms with Crippen molar-refractivity contribution in [2.24, 2.45) is 0 Å². The second-order valence-corrected chi connectivity index (χ2v) is 5.15. The van der Waals surface area contributed by atoms with Gasteiger partial charge in [-0.3, -0.25) is 0 Å². The minimum absolute atomic E-state index is 0.0257. The molecule has 24 heavy (non-hydrogen) atoms. The third kappa shape index (κ3) is 3.26. The van der Waals surface area contributed by atoms with Crippen molar-refractivity contribution in [1.82, 2.24) is 14.8 Å². The molecule has 0 radical (unpaired) electrons. The minimum atomic E-state index is -4.66. The number of nitrogens with zero attached hydrogens (tertiary/aromatic N) is 3. The average molecular weight is 342 g/mol. The topological polar surface area (TPSA) is 89.3 Å². The summed E-state index contributed by atoms with van der Waals surface area (Å²) in [5.41, 5.74) is -0.992. The molecule has 0 atom stereocenters. The van der Waals surface area contributed by atoms with E-state index in [0.717, 1.165) is 12.5 Å². The summed E-state index contributed by atoms with van der Waals surface area (Å²) in [6.07, 6.45) is -3.84. The first-order valence-electron chi connectivity index (χ1n) is 7.09. The Hall–Kier alpha value is -2.78. The SMILES string of the molecule is O=C(O)c1ccc(C(F)(F)F)nc1NCc1cc2n(n1)CCCO2. The number of anilines is 1. The molecule has 1 aliphatic heterocycles. The van der Waals surface area contributed by atoms with Crippen molar-refractivity contribution in [1.29, 1.82) is 0 Å². The Morgan fingerprint density at radius 1 is 1.42 bits per heavy atom. The van der Waals surface area contributed by atoms with Crippen LogP contribution in [0.4, 0.5) is 19.0 Å². The Bertz CT molecular complexity index is 750. The average Bonchev–Trinajstić information content (AvgIpc) is 2.94. The van der Waals surface area contributed by atoms with Gasteiger partial charge >= 0.3 is 12.1 Å². The summed E-state index contributed by atoms with van der Waals surface area (Å²) in [7, 11) is 0. The highest BCUT2D eigenvalue weighted by atomic mass is 19.4. The number of alkyl halides is 3. The summed E-state index contributed by atoms with van der Waals surface area (Å²) < 4.78 is 45.3. The number of hydrogen-bond donors (Lipinski definition) is 2. The quantitative estimate of drug-likeness (QED) is 0.887. The molecule has 128 valence electrons. The zero-order chi connectivity index (χ0) is 17.3. The van der Waals surface area contributed by atoms with Gasteiger partial charge in [-0.15, -0.1) is 0 Å². The molecule has 10 heteroatoms. The van der Waals surface area contributed by atoms with Gasteiger partial charge in [-0.2, -0.15) is 18.3 Å². The van der Waals surface area contributed by atoms with E-state index in [9.17, 15) is 18.0 Å². The monoisotopic (exact) mass is 342 g/mol. The van der Waals surface area contributed by atoms with Crippen molar-refractivity contribution in [3.8, 4) is 5.88 Å². The first-order valence-corrected chi connectivity index (χ1v) is 7.09. The highest BCUT2D eigenvalue weighted by Crippen LogP contribution is 2.29. The predicted molar refractivity (Wildman–Crippen MR) is 75.9 cm³/mol. The lowest BCUT2D eigenvalue weighted by molar-refractivity contribution is -0.141. The summed E-state index contributed by atoms with van der Waals surface area (Å²) in [6, 6.07) is 3.17. The number of halogens is 3. The van der Waals surface area contributed by atoms with Crippen LogP contribution in [0.3, 0.4) is 0 Å². The summed E-state index contributed by atoms with van der Waals surface area (Å²) in [5, 5.41) is 15.9. The number of carboxylic acids is 1. The van der Waals surface area contributed by atoms with Crippen LogP contribution in [-0.2, 0) is 19.3 Å². The van der Waals surface area contributed by atoms with Crippen molar-refractivity contribution in [2.75, 3.05) is 11.9 Å². The first-order chi connectivity index (χ1) is 11.3. The fraction of sp³-hybridized carbons (Fsp3) is 0.357. The number of hydrogen-bond acceptors (Lipinski definition) is 5. The summed E-state index contributed by atoms with van der Waals surface area (Å²) in [4.78, 5) is 14.5. The Balaban J connectivity index is 1.82. The van der Waals surface area contributed by atoms with Crippen LogP contribution in [0, 0.1) is 0 Å². The lowest BCUT2D eigenvalue weighted by Gasteiger charge is -2.13. The largest absolute Gasteiger partial charge is 0.478 e. The van der Waals surface area contributed by atoms with Gasteiger partial charge in [0, 0.05) is 19.0 Å². The van der Waals surface area contributed by atoms with Gasteiger partial charge in [0.25, 0.3) is 0 Å². The number of aromatic carboxylic acids is 1. The van der Waals surface area contributed by atoms with E-state index in [2.05, 4.69) is 15.4 Å². The molecule has 0 fully saturated rings. The second kappa shape index (κ2) is 6.02. The van der Waals surface area contributed by atoms with Crippen LogP contribution in [0.25, 0.3) is 0 Å². The second-order valence-electron chi connectivity index (χ2n) is 5.15. The molecule has 0 saturated heterocycles. The van der Waals surface area contributed by atoms with Gasteiger partial charge in [0.1, 0.15) is 17.1 Å². The number of carboxylic acid groups (broad SMARTS) is 1. The highest BCUT2D eigenvalue weighted by molar-refractivity contribution is 5.93. The Morgan fingerprint density at radius 2 is 2.21 bits per heavy atom. The Morgan fingerprint density at radius 3 is 2.88 bits per heavy atom. The van der Waals surface area contributed by atoms with E-state index >= 15 is 0 Å². The molecule has 0 unspecified atom stereocenters. The number of aryl methyl sites for hydroxylation is 1. The standard InChI is InChI=1S/C14H13F3N4O3/c15-14(16,17)10-3-2-9(13(22)23)12(19-10)18-7-8-6-11-21(20-8)4-1-5-24-11/h2-3,6H,1,4-5,7H2,(H,18,19)(H,22,23). The molecule has 0 spiro atoms. The molecule has 2 aromatic rings. The Kier molecular flexibility index (Phi) is 4.04. The lowest BCUT2D eigenvalue weighted by atomic mass is 10.2. The third-order valence-corrected chi connectivity index (χ3v) is 3.41. The van der Waals surface area contributed by atoms with E-state index in [0.29, 0.717) is 30.8 Å². The minimum Gasteiger partial charge on any atom is -0.478 e. The molecule has 7 nitrogen and oxygen atoms in total. The molecule has 0 aromatic carbocycles. The van der Waals surface area contributed by atoms with Gasteiger partial charge in [0.15, 0.2) is 0 Å². The molecule has 2 aromatic heterocycles. The number of carbonyl (C=O) groups is 1. The summed E-state index contributed by atoms with van der Waals surface area (Å²) in [5.74, 6) is -1.15. The van der Waals surface area contributed by atoms with Crippen molar-refractivity contribution in [3.63, 3.8) is 0 Å². The van der Waals surface area contributed by atoms with E-state index in [1.165, 1.54) is 0 Å². The number of aromatic nitrogens is 3. The van der Waals surface area contributed by atoms with E-state index in [4.69, 9.17) is 9.84 Å². The maximum Gasteiger partial charge on any atom is 0.433 e. The molecule has 0 saturated carbocycles. The number of pyridine rings is 1. The molecule has 3 heterocycles. The van der Waals surface area contributed by atoms with Crippen molar-refractivity contribution >= 4 is 11.8 Å². The zero-order valence-corrected chi connectivity index (χ0v) is 12.3. The van der Waals surface area contributed by atoms with Crippen LogP contribution in [0.5, 0.6) is 5.88 Å². The molecule has 2 N–H and O–H groups in total. The normalized spacial score (nSPS) is 14.0. The van der Waals surface area contributed by atoms with Crippen LogP contribution in [0.2, 0.25) is 0 Å². The van der Waals surface area contributed by atoms with Crippen LogP contribution in [0.15, 0.2) is 18.2 Å². The maximum atomic E-state index is 12.7. The van der Waals surface area contributed by atoms with E-state index in [-0.39, 0.29) is 17.9 Å². The van der Waals surface area contributed by atoms with Crippen molar-refractivity contribution in [3.05, 3.63) is 35.2 Å². The molecule has 0 aliphatic carbocycles. The molecule has 0 amide bonds. The molecule has 3 rings (SSSR count). The van der Waals surface area contributed by atoms with Gasteiger partial charge in [-0.25, -0.2) is 14.5 Å². The fourth-order valence-corrected chi connectivity index (χ4v) is 2.30. The van der Waals surface area contributed by atoms with Crippen molar-refractivity contribution in [2.45, 2.75) is 25.7 Å². The number of ether oxygens (including phenoxy) is 1. The predicted octanol–water partition coefficient (Wildman–Crippen LogP) is 2.39. The van der Waals surface area contributed by atoms with Crippen LogP contribution >= 0.6 is 0 Å². The van der Waals surface area contributed by atoms with Gasteiger partial charge in [-0.1, -0.05) is 0 Å². The first kappa shape index (κ1) is 16.1. The highest BCUT2D eigenvalue weighted by Gasteiger charge is 2.33. The maximum absolute atomic E-state index is 12.7. The molecule has 1 aliphatic rings. The van der Waals surface area contributed by atoms with E-state index < -0.39 is 17.8 Å². The van der Waals surface area contributed by atoms with Gasteiger partial charge in [-0.05, 0) is 12.1 Å². The van der Waals surface area contributed by atoms with Crippen LogP contribution in [0.1, 0.15) is 28.2 Å². The van der Waals surface area contributed by atoms with Crippen LogP contribution in [-0.4, -0.2) is 32.4 Å². The summed E-state index contributed by atoms with van der Waals surface area (Å²) in [6.45, 7) is 1.30. The molecule has 0 bridgehead atoms. The van der Waals surface area contributed by atoms with Gasteiger partial charge < -0.3 is 15.2 Å². The fourth-order valence-electron chi connectivity index (χ4n) is 2.30. The van der Waals surface area contributed by atoms with Crippen LogP contribution < -0.4 is 10.1 Å². The lowest BCUT2D eigenvalue weighted by Crippen LogP contribution is -2.15.